The van der Waals surface area contributed by atoms with Crippen molar-refractivity contribution in [1.29, 1.82) is 0 Å². The summed E-state index contributed by atoms with van der Waals surface area (Å²) >= 11 is 5.29. The lowest BCUT2D eigenvalue weighted by Crippen LogP contribution is -2.54. The number of benzene rings is 3. The molecule has 0 saturated carbocycles. The zero-order valence-electron chi connectivity index (χ0n) is 19.2. The van der Waals surface area contributed by atoms with Crippen LogP contribution in [0.3, 0.4) is 0 Å². The molecule has 1 saturated heterocycles. The summed E-state index contributed by atoms with van der Waals surface area (Å²) in [5.74, 6) is 1.20. The molecule has 1 aliphatic heterocycles. The van der Waals surface area contributed by atoms with Crippen molar-refractivity contribution in [2.45, 2.75) is 0 Å². The van der Waals surface area contributed by atoms with Gasteiger partial charge in [0.1, 0.15) is 17.1 Å². The van der Waals surface area contributed by atoms with Crippen LogP contribution in [-0.2, 0) is 9.59 Å². The van der Waals surface area contributed by atoms with E-state index in [9.17, 15) is 9.59 Å². The molecule has 3 aromatic carbocycles. The van der Waals surface area contributed by atoms with Crippen molar-refractivity contribution in [3.63, 3.8) is 0 Å². The topological polar surface area (TPSA) is 86.3 Å². The van der Waals surface area contributed by atoms with Gasteiger partial charge in [0, 0.05) is 5.56 Å². The van der Waals surface area contributed by atoms with Crippen molar-refractivity contribution in [1.82, 2.24) is 5.32 Å². The van der Waals surface area contributed by atoms with Crippen LogP contribution in [0.4, 0.5) is 5.69 Å². The standard InChI is InChI=1S/C26H22N2O6S/c1-31-21-14-9-16(22(32-2)23(21)33-3)15-20-24(29)27-26(35)28(25(20)30)17-10-12-19(13-11-17)34-18-7-5-4-6-8-18/h4-15H,1-3H3,(H,27,29,35). The molecule has 0 aromatic heterocycles. The molecule has 0 bridgehead atoms. The molecule has 0 unspecified atom stereocenters. The number of para-hydroxylation sites is 1. The molecule has 3 aromatic rings. The normalized spacial score (nSPS) is 14.5. The second-order valence-corrected chi connectivity index (χ2v) is 7.68. The average Bonchev–Trinajstić information content (AvgIpc) is 2.87. The first-order valence-corrected chi connectivity index (χ1v) is 10.9. The van der Waals surface area contributed by atoms with Gasteiger partial charge in [0.15, 0.2) is 16.6 Å². The molecular weight excluding hydrogens is 468 g/mol. The second-order valence-electron chi connectivity index (χ2n) is 7.29. The number of methoxy groups -OCH3 is 3. The number of thiocarbonyl (C=S) groups is 1. The average molecular weight is 491 g/mol. The Hall–Kier alpha value is -4.37. The molecule has 0 spiro atoms. The maximum atomic E-state index is 13.4. The summed E-state index contributed by atoms with van der Waals surface area (Å²) in [4.78, 5) is 27.3. The Morgan fingerprint density at radius 1 is 0.800 bits per heavy atom. The summed E-state index contributed by atoms with van der Waals surface area (Å²) in [6, 6.07) is 19.5. The Morgan fingerprint density at radius 2 is 1.46 bits per heavy atom. The van der Waals surface area contributed by atoms with Gasteiger partial charge in [0.05, 0.1) is 27.0 Å². The van der Waals surface area contributed by atoms with Crippen molar-refractivity contribution >= 4 is 40.9 Å². The van der Waals surface area contributed by atoms with Crippen molar-refractivity contribution in [3.05, 3.63) is 77.9 Å². The Bertz CT molecular complexity index is 1310. The molecule has 0 atom stereocenters. The molecule has 2 amide bonds. The van der Waals surface area contributed by atoms with E-state index in [1.807, 2.05) is 30.3 Å². The van der Waals surface area contributed by atoms with Crippen molar-refractivity contribution < 1.29 is 28.5 Å². The summed E-state index contributed by atoms with van der Waals surface area (Å²) in [5.41, 5.74) is 0.822. The minimum absolute atomic E-state index is 0.0202. The summed E-state index contributed by atoms with van der Waals surface area (Å²) in [6.45, 7) is 0. The number of hydrogen-bond donors (Lipinski definition) is 1. The summed E-state index contributed by atoms with van der Waals surface area (Å²) < 4.78 is 22.0. The fraction of sp³-hybridized carbons (Fsp3) is 0.115. The monoisotopic (exact) mass is 490 g/mol. The molecule has 0 radical (unpaired) electrons. The number of rotatable bonds is 7. The van der Waals surface area contributed by atoms with Crippen LogP contribution in [0.15, 0.2) is 72.3 Å². The fourth-order valence-electron chi connectivity index (χ4n) is 3.57. The molecule has 178 valence electrons. The van der Waals surface area contributed by atoms with Crippen molar-refractivity contribution in [3.8, 4) is 28.7 Å². The molecule has 1 N–H and O–H groups in total. The number of carbonyl (C=O) groups is 2. The SMILES string of the molecule is COc1ccc(C=C2C(=O)NC(=S)N(c3ccc(Oc4ccccc4)cc3)C2=O)c(OC)c1OC. The molecule has 1 aliphatic rings. The quantitative estimate of drug-likeness (QED) is 0.300. The Balaban J connectivity index is 1.66. The van der Waals surface area contributed by atoms with E-state index in [0.717, 1.165) is 0 Å². The van der Waals surface area contributed by atoms with Crippen molar-refractivity contribution in [2.75, 3.05) is 26.2 Å². The lowest BCUT2D eigenvalue weighted by molar-refractivity contribution is -0.122. The van der Waals surface area contributed by atoms with Crippen molar-refractivity contribution in [2.24, 2.45) is 0 Å². The number of ether oxygens (including phenoxy) is 4. The van der Waals surface area contributed by atoms with Gasteiger partial charge in [-0.05, 0) is 66.8 Å². The lowest BCUT2D eigenvalue weighted by atomic mass is 10.1. The number of amides is 2. The van der Waals surface area contributed by atoms with Crippen LogP contribution in [0.1, 0.15) is 5.56 Å². The third kappa shape index (κ3) is 4.80. The van der Waals surface area contributed by atoms with Gasteiger partial charge in [-0.15, -0.1) is 0 Å². The smallest absolute Gasteiger partial charge is 0.270 e. The van der Waals surface area contributed by atoms with E-state index in [-0.39, 0.29) is 10.7 Å². The molecule has 8 nitrogen and oxygen atoms in total. The zero-order valence-corrected chi connectivity index (χ0v) is 20.0. The lowest BCUT2D eigenvalue weighted by Gasteiger charge is -2.29. The van der Waals surface area contributed by atoms with Gasteiger partial charge < -0.3 is 18.9 Å². The summed E-state index contributed by atoms with van der Waals surface area (Å²) in [7, 11) is 4.44. The largest absolute Gasteiger partial charge is 0.493 e. The first-order valence-electron chi connectivity index (χ1n) is 10.5. The van der Waals surface area contributed by atoms with Gasteiger partial charge in [0.2, 0.25) is 5.75 Å². The number of nitrogens with one attached hydrogen (secondary N) is 1. The van der Waals surface area contributed by atoms with Gasteiger partial charge in [-0.2, -0.15) is 0 Å². The van der Waals surface area contributed by atoms with Crippen LogP contribution in [-0.4, -0.2) is 38.3 Å². The highest BCUT2D eigenvalue weighted by Crippen LogP contribution is 2.41. The van der Waals surface area contributed by atoms with Gasteiger partial charge >= 0.3 is 0 Å². The maximum Gasteiger partial charge on any atom is 0.270 e. The first-order chi connectivity index (χ1) is 17.0. The third-order valence-corrected chi connectivity index (χ3v) is 5.49. The van der Waals surface area contributed by atoms with E-state index < -0.39 is 11.8 Å². The van der Waals surface area contributed by atoms with Gasteiger partial charge in [-0.1, -0.05) is 18.2 Å². The van der Waals surface area contributed by atoms with Gasteiger partial charge in [0.25, 0.3) is 11.8 Å². The highest BCUT2D eigenvalue weighted by Gasteiger charge is 2.35. The highest BCUT2D eigenvalue weighted by molar-refractivity contribution is 7.80. The molecule has 4 rings (SSSR count). The Labute approximate surface area is 207 Å². The number of carbonyl (C=O) groups excluding carboxylic acids is 2. The van der Waals surface area contributed by atoms with Crippen LogP contribution in [0, 0.1) is 0 Å². The molecule has 35 heavy (non-hydrogen) atoms. The third-order valence-electron chi connectivity index (χ3n) is 5.21. The van der Waals surface area contributed by atoms with Crippen LogP contribution in [0.25, 0.3) is 6.08 Å². The Kier molecular flexibility index (Phi) is 6.98. The molecule has 0 aliphatic carbocycles. The molecule has 9 heteroatoms. The molecular formula is C26H22N2O6S. The zero-order chi connectivity index (χ0) is 24.9. The van der Waals surface area contributed by atoms with E-state index in [1.165, 1.54) is 32.3 Å². The van der Waals surface area contributed by atoms with Gasteiger partial charge in [-0.3, -0.25) is 19.8 Å². The van der Waals surface area contributed by atoms with E-state index in [0.29, 0.717) is 40.0 Å². The summed E-state index contributed by atoms with van der Waals surface area (Å²) in [5, 5.41) is 2.55. The minimum Gasteiger partial charge on any atom is -0.493 e. The fourth-order valence-corrected chi connectivity index (χ4v) is 3.85. The van der Waals surface area contributed by atoms with E-state index >= 15 is 0 Å². The van der Waals surface area contributed by atoms with E-state index in [4.69, 9.17) is 31.2 Å². The number of nitrogens with zero attached hydrogens (tertiary/aromatic N) is 1. The molecule has 1 heterocycles. The maximum absolute atomic E-state index is 13.4. The predicted octanol–water partition coefficient (Wildman–Crippen LogP) is 4.34. The first kappa shape index (κ1) is 23.8. The second kappa shape index (κ2) is 10.3. The van der Waals surface area contributed by atoms with E-state index in [2.05, 4.69) is 5.32 Å². The van der Waals surface area contributed by atoms with Crippen LogP contribution in [0.2, 0.25) is 0 Å². The van der Waals surface area contributed by atoms with E-state index in [1.54, 1.807) is 36.4 Å². The number of anilines is 1. The highest BCUT2D eigenvalue weighted by atomic mass is 32.1. The predicted molar refractivity (Wildman–Crippen MR) is 135 cm³/mol. The van der Waals surface area contributed by atoms with Crippen LogP contribution in [0.5, 0.6) is 28.7 Å². The van der Waals surface area contributed by atoms with Gasteiger partial charge in [-0.25, -0.2) is 0 Å². The van der Waals surface area contributed by atoms with Crippen LogP contribution < -0.4 is 29.2 Å². The van der Waals surface area contributed by atoms with Crippen LogP contribution >= 0.6 is 12.2 Å². The molecule has 1 fully saturated rings. The number of hydrogen-bond acceptors (Lipinski definition) is 7. The summed E-state index contributed by atoms with van der Waals surface area (Å²) in [6.07, 6.45) is 1.43. The Morgan fingerprint density at radius 3 is 2.09 bits per heavy atom. The minimum atomic E-state index is -0.614.